The molecule has 0 atom stereocenters. The van der Waals surface area contributed by atoms with Crippen LogP contribution in [0.4, 0.5) is 11.5 Å². The summed E-state index contributed by atoms with van der Waals surface area (Å²) in [5.41, 5.74) is 0.541. The van der Waals surface area contributed by atoms with E-state index in [4.69, 9.17) is 0 Å². The monoisotopic (exact) mass is 267 g/mol. The molecule has 1 aromatic heterocycles. The van der Waals surface area contributed by atoms with E-state index in [1.165, 1.54) is 19.4 Å². The van der Waals surface area contributed by atoms with Gasteiger partial charge in [0.05, 0.1) is 24.5 Å². The molecule has 0 saturated heterocycles. The van der Waals surface area contributed by atoms with Crippen LogP contribution in [0, 0.1) is 17.0 Å². The van der Waals surface area contributed by atoms with Gasteiger partial charge in [0.25, 0.3) is 5.69 Å². The fraction of sp³-hybridized carbons (Fsp3) is 0.500. The van der Waals surface area contributed by atoms with Crippen molar-refractivity contribution >= 4 is 17.5 Å². The van der Waals surface area contributed by atoms with Crippen molar-refractivity contribution < 1.29 is 14.5 Å². The third kappa shape index (κ3) is 3.90. The second-order valence-electron chi connectivity index (χ2n) is 3.99. The van der Waals surface area contributed by atoms with E-state index in [0.717, 1.165) is 0 Å². The smallest absolute Gasteiger partial charge is 0.307 e. The van der Waals surface area contributed by atoms with Gasteiger partial charge in [-0.15, -0.1) is 0 Å². The van der Waals surface area contributed by atoms with E-state index in [-0.39, 0.29) is 18.1 Å². The zero-order chi connectivity index (χ0) is 14.4. The number of anilines is 1. The third-order valence-corrected chi connectivity index (χ3v) is 2.78. The summed E-state index contributed by atoms with van der Waals surface area (Å²) in [6.45, 7) is 4.55. The topological polar surface area (TPSA) is 85.6 Å². The molecule has 0 radical (unpaired) electrons. The molecule has 0 aliphatic rings. The van der Waals surface area contributed by atoms with E-state index < -0.39 is 4.92 Å². The van der Waals surface area contributed by atoms with E-state index in [9.17, 15) is 14.9 Å². The summed E-state index contributed by atoms with van der Waals surface area (Å²) in [5, 5.41) is 10.9. The number of hydrogen-bond donors (Lipinski definition) is 0. The van der Waals surface area contributed by atoms with Crippen LogP contribution < -0.4 is 4.90 Å². The van der Waals surface area contributed by atoms with Crippen molar-refractivity contribution in [2.45, 2.75) is 20.3 Å². The number of aromatic nitrogens is 1. The average Bonchev–Trinajstić information content (AvgIpc) is 2.40. The van der Waals surface area contributed by atoms with Crippen LogP contribution in [0.2, 0.25) is 0 Å². The van der Waals surface area contributed by atoms with Crippen molar-refractivity contribution in [2.24, 2.45) is 0 Å². The van der Waals surface area contributed by atoms with Crippen LogP contribution in [-0.4, -0.2) is 36.1 Å². The maximum atomic E-state index is 11.1. The molecule has 0 N–H and O–H groups in total. The number of pyridine rings is 1. The molecule has 0 bridgehead atoms. The lowest BCUT2D eigenvalue weighted by Gasteiger charge is -2.21. The van der Waals surface area contributed by atoms with Crippen LogP contribution in [-0.2, 0) is 9.53 Å². The molecule has 1 heterocycles. The molecular formula is C12H17N3O4. The lowest BCUT2D eigenvalue weighted by molar-refractivity contribution is -0.385. The van der Waals surface area contributed by atoms with E-state index in [2.05, 4.69) is 9.72 Å². The van der Waals surface area contributed by atoms with Gasteiger partial charge in [-0.3, -0.25) is 14.9 Å². The minimum Gasteiger partial charge on any atom is -0.469 e. The first-order chi connectivity index (χ1) is 8.99. The molecule has 1 rings (SSSR count). The first kappa shape index (κ1) is 14.9. The molecular weight excluding hydrogens is 250 g/mol. The van der Waals surface area contributed by atoms with Crippen LogP contribution in [0.3, 0.4) is 0 Å². The van der Waals surface area contributed by atoms with Gasteiger partial charge < -0.3 is 9.64 Å². The molecule has 19 heavy (non-hydrogen) atoms. The highest BCUT2D eigenvalue weighted by Gasteiger charge is 2.16. The average molecular weight is 267 g/mol. The molecule has 0 aliphatic carbocycles. The molecule has 1 aromatic rings. The fourth-order valence-electron chi connectivity index (χ4n) is 1.64. The van der Waals surface area contributed by atoms with E-state index in [1.807, 2.05) is 6.92 Å². The lowest BCUT2D eigenvalue weighted by atomic mass is 10.2. The number of hydrogen-bond acceptors (Lipinski definition) is 6. The van der Waals surface area contributed by atoms with Crippen molar-refractivity contribution in [1.82, 2.24) is 4.98 Å². The molecule has 7 heteroatoms. The highest BCUT2D eigenvalue weighted by Crippen LogP contribution is 2.22. The maximum Gasteiger partial charge on any atom is 0.307 e. The molecule has 104 valence electrons. The Hall–Kier alpha value is -2.18. The van der Waals surface area contributed by atoms with E-state index in [1.54, 1.807) is 11.8 Å². The SMILES string of the molecule is CCN(CCC(=O)OC)c1cc([N+](=O)[O-])c(C)cn1. The maximum absolute atomic E-state index is 11.1. The predicted molar refractivity (Wildman–Crippen MR) is 70.1 cm³/mol. The molecule has 7 nitrogen and oxygen atoms in total. The largest absolute Gasteiger partial charge is 0.469 e. The summed E-state index contributed by atoms with van der Waals surface area (Å²) in [7, 11) is 1.33. The minimum atomic E-state index is -0.436. The summed E-state index contributed by atoms with van der Waals surface area (Å²) in [6, 6.07) is 1.43. The highest BCUT2D eigenvalue weighted by molar-refractivity contribution is 5.70. The number of aryl methyl sites for hydroxylation is 1. The van der Waals surface area contributed by atoms with Gasteiger partial charge in [0, 0.05) is 24.8 Å². The first-order valence-electron chi connectivity index (χ1n) is 5.92. The van der Waals surface area contributed by atoms with Crippen LogP contribution in [0.25, 0.3) is 0 Å². The van der Waals surface area contributed by atoms with Gasteiger partial charge in [-0.05, 0) is 13.8 Å². The predicted octanol–water partition coefficient (Wildman–Crippen LogP) is 1.69. The number of rotatable bonds is 6. The lowest BCUT2D eigenvalue weighted by Crippen LogP contribution is -2.27. The Morgan fingerprint density at radius 3 is 2.79 bits per heavy atom. The normalized spacial score (nSPS) is 10.1. The third-order valence-electron chi connectivity index (χ3n) is 2.78. The van der Waals surface area contributed by atoms with Crippen molar-refractivity contribution in [2.75, 3.05) is 25.1 Å². The summed E-state index contributed by atoms with van der Waals surface area (Å²) in [5.74, 6) is 0.170. The molecule has 0 aliphatic heterocycles. The summed E-state index contributed by atoms with van der Waals surface area (Å²) >= 11 is 0. The van der Waals surface area contributed by atoms with Crippen LogP contribution in [0.1, 0.15) is 18.9 Å². The van der Waals surface area contributed by atoms with Crippen LogP contribution in [0.5, 0.6) is 0 Å². The zero-order valence-corrected chi connectivity index (χ0v) is 11.3. The standard InChI is InChI=1S/C12H17N3O4/c1-4-14(6-5-12(16)19-3)11-7-10(15(17)18)9(2)8-13-11/h7-8H,4-6H2,1-3H3. The number of carbonyl (C=O) groups excluding carboxylic acids is 1. The van der Waals surface area contributed by atoms with Gasteiger partial charge in [0.2, 0.25) is 0 Å². The van der Waals surface area contributed by atoms with Gasteiger partial charge in [-0.2, -0.15) is 0 Å². The molecule has 0 spiro atoms. The van der Waals surface area contributed by atoms with E-state index >= 15 is 0 Å². The van der Waals surface area contributed by atoms with Crippen molar-refractivity contribution in [3.8, 4) is 0 Å². The number of esters is 1. The van der Waals surface area contributed by atoms with Crippen molar-refractivity contribution in [3.63, 3.8) is 0 Å². The Morgan fingerprint density at radius 2 is 2.26 bits per heavy atom. The summed E-state index contributed by atoms with van der Waals surface area (Å²) < 4.78 is 4.57. The van der Waals surface area contributed by atoms with Crippen molar-refractivity contribution in [1.29, 1.82) is 0 Å². The van der Waals surface area contributed by atoms with Crippen LogP contribution >= 0.6 is 0 Å². The summed E-state index contributed by atoms with van der Waals surface area (Å²) in [4.78, 5) is 27.5. The number of nitrogens with zero attached hydrogens (tertiary/aromatic N) is 3. The fourth-order valence-corrected chi connectivity index (χ4v) is 1.64. The number of ether oxygens (including phenoxy) is 1. The Kier molecular flexibility index (Phi) is 5.23. The number of nitro groups is 1. The first-order valence-corrected chi connectivity index (χ1v) is 5.92. The summed E-state index contributed by atoms with van der Waals surface area (Å²) in [6.07, 6.45) is 1.68. The Bertz CT molecular complexity index is 476. The second-order valence-corrected chi connectivity index (χ2v) is 3.99. The van der Waals surface area contributed by atoms with Crippen molar-refractivity contribution in [3.05, 3.63) is 27.9 Å². The van der Waals surface area contributed by atoms with Crippen LogP contribution in [0.15, 0.2) is 12.3 Å². The van der Waals surface area contributed by atoms with Gasteiger partial charge in [0.1, 0.15) is 5.82 Å². The van der Waals surface area contributed by atoms with Gasteiger partial charge >= 0.3 is 5.97 Å². The van der Waals surface area contributed by atoms with Gasteiger partial charge in [0.15, 0.2) is 0 Å². The molecule has 0 fully saturated rings. The molecule has 0 amide bonds. The van der Waals surface area contributed by atoms with E-state index in [0.29, 0.717) is 24.5 Å². The van der Waals surface area contributed by atoms with Gasteiger partial charge in [-0.1, -0.05) is 0 Å². The molecule has 0 unspecified atom stereocenters. The Balaban J connectivity index is 2.89. The Morgan fingerprint density at radius 1 is 1.58 bits per heavy atom. The number of methoxy groups -OCH3 is 1. The number of carbonyl (C=O) groups is 1. The molecule has 0 saturated carbocycles. The molecule has 0 aromatic carbocycles. The minimum absolute atomic E-state index is 0.0292. The zero-order valence-electron chi connectivity index (χ0n) is 11.3. The van der Waals surface area contributed by atoms with Gasteiger partial charge in [-0.25, -0.2) is 4.98 Å². The highest BCUT2D eigenvalue weighted by atomic mass is 16.6. The second kappa shape index (κ2) is 6.67. The Labute approximate surface area is 111 Å². The quantitative estimate of drug-likeness (QED) is 0.443.